The predicted octanol–water partition coefficient (Wildman–Crippen LogP) is 4.61. The molecular formula is C21H23ClN4O. The maximum atomic E-state index is 13.0. The van der Waals surface area contributed by atoms with Crippen molar-refractivity contribution in [1.82, 2.24) is 19.9 Å². The number of carbonyl (C=O) groups excluding carboxylic acids is 1. The van der Waals surface area contributed by atoms with E-state index in [0.717, 1.165) is 48.5 Å². The van der Waals surface area contributed by atoms with E-state index in [1.54, 1.807) is 0 Å². The molecule has 0 saturated carbocycles. The van der Waals surface area contributed by atoms with E-state index in [9.17, 15) is 4.79 Å². The van der Waals surface area contributed by atoms with Crippen molar-refractivity contribution in [3.8, 4) is 0 Å². The van der Waals surface area contributed by atoms with Gasteiger partial charge in [-0.3, -0.25) is 4.79 Å². The molecule has 5 nitrogen and oxygen atoms in total. The highest BCUT2D eigenvalue weighted by atomic mass is 35.5. The molecule has 1 unspecified atom stereocenters. The van der Waals surface area contributed by atoms with E-state index in [1.807, 2.05) is 44.2 Å². The Bertz CT molecular complexity index is 994. The molecular weight excluding hydrogens is 360 g/mol. The van der Waals surface area contributed by atoms with Gasteiger partial charge in [0.15, 0.2) is 5.65 Å². The number of benzene rings is 1. The van der Waals surface area contributed by atoms with Gasteiger partial charge in [0.2, 0.25) is 0 Å². The zero-order valence-electron chi connectivity index (χ0n) is 15.6. The molecule has 1 N–H and O–H groups in total. The van der Waals surface area contributed by atoms with Crippen molar-refractivity contribution in [2.75, 3.05) is 0 Å². The highest BCUT2D eigenvalue weighted by Crippen LogP contribution is 2.25. The van der Waals surface area contributed by atoms with Crippen molar-refractivity contribution in [3.63, 3.8) is 0 Å². The van der Waals surface area contributed by atoms with Gasteiger partial charge < -0.3 is 9.88 Å². The van der Waals surface area contributed by atoms with E-state index >= 15 is 0 Å². The summed E-state index contributed by atoms with van der Waals surface area (Å²) >= 11 is 5.96. The molecule has 1 aliphatic rings. The van der Waals surface area contributed by atoms with Crippen LogP contribution in [0.3, 0.4) is 0 Å². The molecule has 0 aliphatic carbocycles. The van der Waals surface area contributed by atoms with E-state index in [0.29, 0.717) is 16.1 Å². The van der Waals surface area contributed by atoms with Crippen LogP contribution in [0.5, 0.6) is 0 Å². The lowest BCUT2D eigenvalue weighted by atomic mass is 10.1. The van der Waals surface area contributed by atoms with Crippen molar-refractivity contribution < 1.29 is 4.79 Å². The second kappa shape index (κ2) is 7.31. The molecule has 0 saturated heterocycles. The standard InChI is InChI=1S/C21H23ClN4O/c1-13-12-17(21(27)24-14(2)15-7-9-16(22)10-8-15)19-20(23-13)26-11-5-3-4-6-18(26)25-19/h7-10,12,14H,3-6,11H2,1-2H3,(H,24,27). The monoisotopic (exact) mass is 382 g/mol. The fourth-order valence-electron chi connectivity index (χ4n) is 3.70. The number of carbonyl (C=O) groups is 1. The molecule has 1 aromatic carbocycles. The maximum Gasteiger partial charge on any atom is 0.254 e. The first-order valence-electron chi connectivity index (χ1n) is 9.46. The van der Waals surface area contributed by atoms with Gasteiger partial charge in [0.25, 0.3) is 5.91 Å². The molecule has 2 aromatic heterocycles. The van der Waals surface area contributed by atoms with Gasteiger partial charge in [-0.1, -0.05) is 30.2 Å². The molecule has 27 heavy (non-hydrogen) atoms. The number of aryl methyl sites for hydroxylation is 3. The van der Waals surface area contributed by atoms with Crippen molar-refractivity contribution in [1.29, 1.82) is 0 Å². The smallest absolute Gasteiger partial charge is 0.254 e. The van der Waals surface area contributed by atoms with Crippen LogP contribution < -0.4 is 5.32 Å². The summed E-state index contributed by atoms with van der Waals surface area (Å²) in [6.45, 7) is 4.81. The molecule has 3 heterocycles. The van der Waals surface area contributed by atoms with Gasteiger partial charge in [0.1, 0.15) is 11.3 Å². The molecule has 0 radical (unpaired) electrons. The lowest BCUT2D eigenvalue weighted by Gasteiger charge is -2.15. The molecule has 6 heteroatoms. The average Bonchev–Trinajstić information content (AvgIpc) is 2.83. The summed E-state index contributed by atoms with van der Waals surface area (Å²) in [7, 11) is 0. The highest BCUT2D eigenvalue weighted by Gasteiger charge is 2.21. The summed E-state index contributed by atoms with van der Waals surface area (Å²) in [6, 6.07) is 9.23. The Labute approximate surface area is 163 Å². The molecule has 1 atom stereocenters. The van der Waals surface area contributed by atoms with E-state index in [2.05, 4.69) is 14.9 Å². The summed E-state index contributed by atoms with van der Waals surface area (Å²) in [4.78, 5) is 22.5. The average molecular weight is 383 g/mol. The Morgan fingerprint density at radius 1 is 1.19 bits per heavy atom. The van der Waals surface area contributed by atoms with Gasteiger partial charge in [-0.25, -0.2) is 9.97 Å². The second-order valence-corrected chi connectivity index (χ2v) is 7.66. The zero-order chi connectivity index (χ0) is 19.0. The Morgan fingerprint density at radius 2 is 1.96 bits per heavy atom. The van der Waals surface area contributed by atoms with Crippen molar-refractivity contribution in [3.05, 3.63) is 58.0 Å². The minimum Gasteiger partial charge on any atom is -0.345 e. The van der Waals surface area contributed by atoms with Crippen LogP contribution in [0.2, 0.25) is 5.02 Å². The minimum atomic E-state index is -0.126. The molecule has 1 amide bonds. The molecule has 0 spiro atoms. The van der Waals surface area contributed by atoms with Crippen LogP contribution in [0, 0.1) is 6.92 Å². The van der Waals surface area contributed by atoms with Crippen LogP contribution in [0.4, 0.5) is 0 Å². The number of aromatic nitrogens is 3. The Hall–Kier alpha value is -2.40. The summed E-state index contributed by atoms with van der Waals surface area (Å²) in [6.07, 6.45) is 4.42. The summed E-state index contributed by atoms with van der Waals surface area (Å²) < 4.78 is 2.19. The third-order valence-electron chi connectivity index (χ3n) is 5.15. The Kier molecular flexibility index (Phi) is 4.87. The SMILES string of the molecule is Cc1cc(C(=O)NC(C)c2ccc(Cl)cc2)c2nc3n(c2n1)CCCCC3. The first-order valence-corrected chi connectivity index (χ1v) is 9.84. The number of pyridine rings is 1. The van der Waals surface area contributed by atoms with Crippen molar-refractivity contribution in [2.45, 2.75) is 52.1 Å². The number of imidazole rings is 1. The van der Waals surface area contributed by atoms with Crippen LogP contribution in [0.1, 0.15) is 59.7 Å². The van der Waals surface area contributed by atoms with E-state index in [1.165, 1.54) is 6.42 Å². The van der Waals surface area contributed by atoms with Crippen molar-refractivity contribution >= 4 is 28.7 Å². The van der Waals surface area contributed by atoms with Crippen LogP contribution >= 0.6 is 11.6 Å². The number of nitrogens with one attached hydrogen (secondary N) is 1. The lowest BCUT2D eigenvalue weighted by molar-refractivity contribution is 0.0941. The normalized spacial score (nSPS) is 15.2. The quantitative estimate of drug-likeness (QED) is 0.719. The largest absolute Gasteiger partial charge is 0.345 e. The Morgan fingerprint density at radius 3 is 2.74 bits per heavy atom. The fourth-order valence-corrected chi connectivity index (χ4v) is 3.82. The number of fused-ring (bicyclic) bond motifs is 3. The summed E-state index contributed by atoms with van der Waals surface area (Å²) in [5.41, 5.74) is 3.97. The number of nitrogens with zero attached hydrogens (tertiary/aromatic N) is 3. The Balaban J connectivity index is 1.68. The van der Waals surface area contributed by atoms with Gasteiger partial charge in [0.05, 0.1) is 11.6 Å². The molecule has 1 aliphatic heterocycles. The zero-order valence-corrected chi connectivity index (χ0v) is 16.4. The van der Waals surface area contributed by atoms with E-state index in [-0.39, 0.29) is 11.9 Å². The van der Waals surface area contributed by atoms with Gasteiger partial charge in [-0.2, -0.15) is 0 Å². The number of hydrogen-bond donors (Lipinski definition) is 1. The lowest BCUT2D eigenvalue weighted by Crippen LogP contribution is -2.27. The second-order valence-electron chi connectivity index (χ2n) is 7.22. The molecule has 0 bridgehead atoms. The molecule has 4 rings (SSSR count). The van der Waals surface area contributed by atoms with Crippen LogP contribution in [0.15, 0.2) is 30.3 Å². The molecule has 0 fully saturated rings. The van der Waals surface area contributed by atoms with Crippen LogP contribution in [0.25, 0.3) is 11.2 Å². The topological polar surface area (TPSA) is 59.8 Å². The number of hydrogen-bond acceptors (Lipinski definition) is 3. The first kappa shape index (κ1) is 18.0. The van der Waals surface area contributed by atoms with E-state index < -0.39 is 0 Å². The highest BCUT2D eigenvalue weighted by molar-refractivity contribution is 6.30. The number of halogens is 1. The van der Waals surface area contributed by atoms with Crippen molar-refractivity contribution in [2.24, 2.45) is 0 Å². The van der Waals surface area contributed by atoms with Crippen LogP contribution in [-0.4, -0.2) is 20.4 Å². The molecule has 3 aromatic rings. The van der Waals surface area contributed by atoms with Gasteiger partial charge in [-0.15, -0.1) is 0 Å². The third-order valence-corrected chi connectivity index (χ3v) is 5.41. The molecule has 140 valence electrons. The van der Waals surface area contributed by atoms with Gasteiger partial charge >= 0.3 is 0 Å². The first-order chi connectivity index (χ1) is 13.0. The predicted molar refractivity (Wildman–Crippen MR) is 107 cm³/mol. The maximum absolute atomic E-state index is 13.0. The van der Waals surface area contributed by atoms with Gasteiger partial charge in [-0.05, 0) is 50.5 Å². The van der Waals surface area contributed by atoms with E-state index in [4.69, 9.17) is 16.6 Å². The van der Waals surface area contributed by atoms with Crippen LogP contribution in [-0.2, 0) is 13.0 Å². The minimum absolute atomic E-state index is 0.124. The number of rotatable bonds is 3. The number of amides is 1. The summed E-state index contributed by atoms with van der Waals surface area (Å²) in [5, 5.41) is 3.77. The third kappa shape index (κ3) is 3.56. The van der Waals surface area contributed by atoms with Gasteiger partial charge in [0, 0.05) is 23.7 Å². The fraction of sp³-hybridized carbons (Fsp3) is 0.381. The summed E-state index contributed by atoms with van der Waals surface area (Å²) in [5.74, 6) is 0.918.